The first-order valence-corrected chi connectivity index (χ1v) is 2.93. The van der Waals surface area contributed by atoms with Crippen molar-refractivity contribution < 1.29 is 0 Å². The van der Waals surface area contributed by atoms with Gasteiger partial charge in [-0.1, -0.05) is 18.6 Å². The highest BCUT2D eigenvalue weighted by atomic mass is 14.5. The fraction of sp³-hybridized carbons (Fsp3) is 0.667. The Kier molecular flexibility index (Phi) is 4.61. The molecule has 0 saturated heterocycles. The van der Waals surface area contributed by atoms with Crippen LogP contribution in [-0.4, -0.2) is 13.1 Å². The molecule has 0 atom stereocenters. The Bertz CT molecular complexity index is 70.6. The Hall–Kier alpha value is -0.340. The highest BCUT2D eigenvalue weighted by molar-refractivity contribution is 5.02. The Labute approximate surface area is 50.6 Å². The van der Waals surface area contributed by atoms with Gasteiger partial charge in [0, 0.05) is 13.1 Å². The van der Waals surface area contributed by atoms with Crippen LogP contribution in [0.5, 0.6) is 0 Å². The van der Waals surface area contributed by atoms with Crippen molar-refractivity contribution >= 4 is 0 Å². The fourth-order valence-corrected chi connectivity index (χ4v) is 0.539. The molecule has 0 radical (unpaired) electrons. The van der Waals surface area contributed by atoms with Gasteiger partial charge in [0.25, 0.3) is 0 Å². The van der Waals surface area contributed by atoms with Crippen LogP contribution >= 0.6 is 0 Å². The smallest absolute Gasteiger partial charge is 0.0137 e. The molecular formula is C6H14N2. The first-order chi connectivity index (χ1) is 3.85. The first kappa shape index (κ1) is 7.66. The number of hydrogen-bond acceptors (Lipinski definition) is 2. The number of hydrogen-bond donors (Lipinski definition) is 2. The Morgan fingerprint density at radius 2 is 2.12 bits per heavy atom. The van der Waals surface area contributed by atoms with E-state index in [0.29, 0.717) is 13.1 Å². The second-order valence-electron chi connectivity index (χ2n) is 1.66. The SMILES string of the molecule is CCC(=CCN)CN. The molecule has 0 saturated carbocycles. The van der Waals surface area contributed by atoms with Crippen LogP contribution in [0.2, 0.25) is 0 Å². The van der Waals surface area contributed by atoms with Crippen molar-refractivity contribution in [1.82, 2.24) is 0 Å². The van der Waals surface area contributed by atoms with Crippen molar-refractivity contribution in [2.75, 3.05) is 13.1 Å². The zero-order valence-electron chi connectivity index (χ0n) is 5.35. The highest BCUT2D eigenvalue weighted by Gasteiger charge is 1.84. The quantitative estimate of drug-likeness (QED) is 0.516. The molecule has 0 rings (SSSR count). The average molecular weight is 114 g/mol. The van der Waals surface area contributed by atoms with E-state index in [2.05, 4.69) is 6.92 Å². The number of nitrogens with two attached hydrogens (primary N) is 2. The Morgan fingerprint density at radius 1 is 1.50 bits per heavy atom. The molecule has 0 spiro atoms. The van der Waals surface area contributed by atoms with Crippen LogP contribution in [0.3, 0.4) is 0 Å². The van der Waals surface area contributed by atoms with Gasteiger partial charge in [0.15, 0.2) is 0 Å². The van der Waals surface area contributed by atoms with Gasteiger partial charge in [0.05, 0.1) is 0 Å². The second kappa shape index (κ2) is 4.81. The third-order valence-corrected chi connectivity index (χ3v) is 1.12. The Morgan fingerprint density at radius 3 is 2.25 bits per heavy atom. The molecule has 0 bridgehead atoms. The third kappa shape index (κ3) is 2.77. The second-order valence-corrected chi connectivity index (χ2v) is 1.66. The molecule has 0 aliphatic heterocycles. The van der Waals surface area contributed by atoms with Crippen LogP contribution in [0.15, 0.2) is 11.6 Å². The van der Waals surface area contributed by atoms with Crippen LogP contribution in [0.4, 0.5) is 0 Å². The molecule has 2 heteroatoms. The van der Waals surface area contributed by atoms with Gasteiger partial charge in [-0.3, -0.25) is 0 Å². The van der Waals surface area contributed by atoms with E-state index >= 15 is 0 Å². The molecule has 48 valence electrons. The average Bonchev–Trinajstić information content (AvgIpc) is 1.83. The summed E-state index contributed by atoms with van der Waals surface area (Å²) in [6.45, 7) is 3.34. The topological polar surface area (TPSA) is 52.0 Å². The zero-order chi connectivity index (χ0) is 6.41. The van der Waals surface area contributed by atoms with Gasteiger partial charge in [-0.25, -0.2) is 0 Å². The maximum Gasteiger partial charge on any atom is 0.0137 e. The van der Waals surface area contributed by atoms with E-state index in [4.69, 9.17) is 11.5 Å². The molecule has 8 heavy (non-hydrogen) atoms. The molecule has 0 aromatic carbocycles. The van der Waals surface area contributed by atoms with Gasteiger partial charge in [-0.2, -0.15) is 0 Å². The van der Waals surface area contributed by atoms with Crippen molar-refractivity contribution in [1.29, 1.82) is 0 Å². The summed E-state index contributed by atoms with van der Waals surface area (Å²) in [7, 11) is 0. The summed E-state index contributed by atoms with van der Waals surface area (Å²) in [6.07, 6.45) is 2.99. The summed E-state index contributed by atoms with van der Waals surface area (Å²) < 4.78 is 0. The molecule has 0 aliphatic carbocycles. The highest BCUT2D eigenvalue weighted by Crippen LogP contribution is 1.94. The van der Waals surface area contributed by atoms with E-state index in [1.54, 1.807) is 0 Å². The van der Waals surface area contributed by atoms with Crippen LogP contribution in [0, 0.1) is 0 Å². The molecule has 4 N–H and O–H groups in total. The maximum atomic E-state index is 5.35. The monoisotopic (exact) mass is 114 g/mol. The summed E-state index contributed by atoms with van der Waals surface area (Å²) >= 11 is 0. The lowest BCUT2D eigenvalue weighted by Gasteiger charge is -1.95. The van der Waals surface area contributed by atoms with Crippen LogP contribution in [0.1, 0.15) is 13.3 Å². The fourth-order valence-electron chi connectivity index (χ4n) is 0.539. The van der Waals surface area contributed by atoms with E-state index in [-0.39, 0.29) is 0 Å². The van der Waals surface area contributed by atoms with Gasteiger partial charge in [-0.15, -0.1) is 0 Å². The molecule has 0 unspecified atom stereocenters. The Balaban J connectivity index is 3.49. The van der Waals surface area contributed by atoms with Crippen LogP contribution in [0.25, 0.3) is 0 Å². The van der Waals surface area contributed by atoms with Crippen molar-refractivity contribution in [3.05, 3.63) is 11.6 Å². The van der Waals surface area contributed by atoms with E-state index in [0.717, 1.165) is 6.42 Å². The molecule has 0 heterocycles. The summed E-state index contributed by atoms with van der Waals surface area (Å²) in [5.41, 5.74) is 11.8. The molecule has 0 aliphatic rings. The van der Waals surface area contributed by atoms with E-state index in [9.17, 15) is 0 Å². The first-order valence-electron chi connectivity index (χ1n) is 2.93. The molecule has 2 nitrogen and oxygen atoms in total. The predicted octanol–water partition coefficient (Wildman–Crippen LogP) is 0.240. The van der Waals surface area contributed by atoms with E-state index in [1.807, 2.05) is 6.08 Å². The van der Waals surface area contributed by atoms with E-state index in [1.165, 1.54) is 5.57 Å². The minimum Gasteiger partial charge on any atom is -0.327 e. The van der Waals surface area contributed by atoms with Crippen molar-refractivity contribution in [3.63, 3.8) is 0 Å². The summed E-state index contributed by atoms with van der Waals surface area (Å²) in [5, 5.41) is 0. The van der Waals surface area contributed by atoms with Gasteiger partial charge in [0.1, 0.15) is 0 Å². The zero-order valence-corrected chi connectivity index (χ0v) is 5.35. The lowest BCUT2D eigenvalue weighted by molar-refractivity contribution is 0.989. The summed E-state index contributed by atoms with van der Waals surface area (Å²) in [6, 6.07) is 0. The van der Waals surface area contributed by atoms with Crippen molar-refractivity contribution in [2.45, 2.75) is 13.3 Å². The molecule has 0 amide bonds. The van der Waals surface area contributed by atoms with Crippen molar-refractivity contribution in [3.8, 4) is 0 Å². The van der Waals surface area contributed by atoms with E-state index < -0.39 is 0 Å². The normalized spacial score (nSPS) is 12.1. The summed E-state index contributed by atoms with van der Waals surface area (Å²) in [5.74, 6) is 0. The van der Waals surface area contributed by atoms with Gasteiger partial charge in [-0.05, 0) is 6.42 Å². The largest absolute Gasteiger partial charge is 0.327 e. The van der Waals surface area contributed by atoms with Crippen LogP contribution < -0.4 is 11.5 Å². The third-order valence-electron chi connectivity index (χ3n) is 1.12. The lowest BCUT2D eigenvalue weighted by atomic mass is 10.2. The molecular weight excluding hydrogens is 100 g/mol. The van der Waals surface area contributed by atoms with Gasteiger partial charge < -0.3 is 11.5 Å². The molecule has 0 aromatic heterocycles. The number of rotatable bonds is 3. The minimum absolute atomic E-state index is 0.611. The lowest BCUT2D eigenvalue weighted by Crippen LogP contribution is -2.05. The maximum absolute atomic E-state index is 5.35. The van der Waals surface area contributed by atoms with Gasteiger partial charge >= 0.3 is 0 Å². The predicted molar refractivity (Wildman–Crippen MR) is 36.5 cm³/mol. The standard InChI is InChI=1S/C6H14N2/c1-2-6(5-8)3-4-7/h3H,2,4-5,7-8H2,1H3. The minimum atomic E-state index is 0.611. The van der Waals surface area contributed by atoms with Crippen LogP contribution in [-0.2, 0) is 0 Å². The van der Waals surface area contributed by atoms with Gasteiger partial charge in [0.2, 0.25) is 0 Å². The summed E-state index contributed by atoms with van der Waals surface area (Å²) in [4.78, 5) is 0. The molecule has 0 fully saturated rings. The van der Waals surface area contributed by atoms with Crippen molar-refractivity contribution in [2.24, 2.45) is 11.5 Å². The molecule has 0 aromatic rings.